The number of alkyl halides is 1. The zero-order valence-corrected chi connectivity index (χ0v) is 18.5. The van der Waals surface area contributed by atoms with Crippen molar-refractivity contribution in [2.24, 2.45) is 27.4 Å². The van der Waals surface area contributed by atoms with Crippen LogP contribution >= 0.6 is 11.6 Å². The van der Waals surface area contributed by atoms with Gasteiger partial charge in [-0.1, -0.05) is 12.8 Å². The first-order chi connectivity index (χ1) is 14.3. The van der Waals surface area contributed by atoms with Crippen LogP contribution in [0.25, 0.3) is 0 Å². The number of hydrogen-bond acceptors (Lipinski definition) is 7. The van der Waals surface area contributed by atoms with Crippen LogP contribution in [0.15, 0.2) is 21.8 Å². The summed E-state index contributed by atoms with van der Waals surface area (Å²) in [6, 6.07) is -0.626. The van der Waals surface area contributed by atoms with E-state index < -0.39 is 17.7 Å². The topological polar surface area (TPSA) is 129 Å². The number of nitrogens with one attached hydrogen (secondary N) is 1. The van der Waals surface area contributed by atoms with Crippen molar-refractivity contribution in [3.05, 3.63) is 11.8 Å². The molecule has 1 fully saturated rings. The molecule has 1 amide bonds. The lowest BCUT2D eigenvalue weighted by Gasteiger charge is -2.41. The van der Waals surface area contributed by atoms with Gasteiger partial charge in [-0.05, 0) is 38.7 Å². The van der Waals surface area contributed by atoms with Gasteiger partial charge in [0.15, 0.2) is 0 Å². The Labute approximate surface area is 183 Å². The van der Waals surface area contributed by atoms with Crippen LogP contribution in [0.2, 0.25) is 0 Å². The van der Waals surface area contributed by atoms with E-state index in [1.54, 1.807) is 12.4 Å². The summed E-state index contributed by atoms with van der Waals surface area (Å²) in [4.78, 5) is 24.4. The second-order valence-electron chi connectivity index (χ2n) is 8.88. The van der Waals surface area contributed by atoms with Crippen LogP contribution in [0.1, 0.15) is 45.4 Å². The molecule has 0 aromatic carbocycles. The number of dihydropyridines is 1. The van der Waals surface area contributed by atoms with Crippen LogP contribution in [-0.4, -0.2) is 77.2 Å². The molecule has 8 nitrogen and oxygen atoms in total. The van der Waals surface area contributed by atoms with Gasteiger partial charge in [-0.25, -0.2) is 0 Å². The van der Waals surface area contributed by atoms with Crippen LogP contribution in [0, 0.1) is 5.92 Å². The summed E-state index contributed by atoms with van der Waals surface area (Å²) in [6.45, 7) is 3.93. The van der Waals surface area contributed by atoms with Gasteiger partial charge in [-0.2, -0.15) is 0 Å². The molecule has 0 spiro atoms. The number of carbonyl (C=O) groups excluding carboxylic acids is 1. The molecular weight excluding hydrogens is 404 g/mol. The van der Waals surface area contributed by atoms with E-state index in [1.807, 2.05) is 13.0 Å². The van der Waals surface area contributed by atoms with Crippen molar-refractivity contribution >= 4 is 29.9 Å². The standard InChI is InChI=1S/C21H35ClN6O2/c1-21(30)7-10-28(11-8-21)17-6-9-25-13-16(17)27-20(29)18(19(23)24)15-5-3-2-4-14(22)12-26-15/h6,12-16,18-19,30H,2-5,7-11,23-24H2,1H3,(H,27,29)/b26-12-. The zero-order chi connectivity index (χ0) is 21.7. The lowest BCUT2D eigenvalue weighted by molar-refractivity contribution is -0.126. The summed E-state index contributed by atoms with van der Waals surface area (Å²) in [5, 5.41) is 13.2. The second-order valence-corrected chi connectivity index (χ2v) is 9.44. The third-order valence-electron chi connectivity index (χ3n) is 6.28. The highest BCUT2D eigenvalue weighted by Gasteiger charge is 2.35. The smallest absolute Gasteiger partial charge is 0.229 e. The molecule has 0 saturated carbocycles. The molecule has 0 aliphatic carbocycles. The molecule has 3 rings (SSSR count). The zero-order valence-electron chi connectivity index (χ0n) is 17.7. The summed E-state index contributed by atoms with van der Waals surface area (Å²) in [7, 11) is 0. The molecular formula is C21H35ClN6O2. The van der Waals surface area contributed by atoms with Crippen molar-refractivity contribution in [2.45, 2.75) is 74.7 Å². The van der Waals surface area contributed by atoms with E-state index in [0.29, 0.717) is 19.4 Å². The minimum absolute atomic E-state index is 0.123. The maximum absolute atomic E-state index is 13.2. The molecule has 0 bridgehead atoms. The highest BCUT2D eigenvalue weighted by Crippen LogP contribution is 2.26. The van der Waals surface area contributed by atoms with Crippen molar-refractivity contribution < 1.29 is 9.90 Å². The summed E-state index contributed by atoms with van der Waals surface area (Å²) in [5.74, 6) is -0.853. The number of likely N-dealkylation sites (tertiary alicyclic amines) is 1. The Morgan fingerprint density at radius 2 is 2.00 bits per heavy atom. The maximum atomic E-state index is 13.2. The van der Waals surface area contributed by atoms with Gasteiger partial charge in [0.25, 0.3) is 0 Å². The van der Waals surface area contributed by atoms with E-state index in [4.69, 9.17) is 23.1 Å². The van der Waals surface area contributed by atoms with Crippen LogP contribution in [-0.2, 0) is 4.79 Å². The Morgan fingerprint density at radius 1 is 1.30 bits per heavy atom. The quantitative estimate of drug-likeness (QED) is 0.372. The van der Waals surface area contributed by atoms with E-state index in [1.165, 1.54) is 0 Å². The fraction of sp³-hybridized carbons (Fsp3) is 0.762. The first-order valence-corrected chi connectivity index (χ1v) is 11.4. The van der Waals surface area contributed by atoms with Crippen molar-refractivity contribution in [3.63, 3.8) is 0 Å². The monoisotopic (exact) mass is 438 g/mol. The van der Waals surface area contributed by atoms with Gasteiger partial charge >= 0.3 is 0 Å². The first kappa shape index (κ1) is 23.2. The Balaban J connectivity index is 1.70. The van der Waals surface area contributed by atoms with Crippen LogP contribution in [0.5, 0.6) is 0 Å². The molecule has 3 heterocycles. The van der Waals surface area contributed by atoms with E-state index in [2.05, 4.69) is 20.2 Å². The highest BCUT2D eigenvalue weighted by atomic mass is 35.5. The van der Waals surface area contributed by atoms with E-state index in [0.717, 1.165) is 44.5 Å². The molecule has 3 aliphatic heterocycles. The molecule has 0 aromatic rings. The lowest BCUT2D eigenvalue weighted by Crippen LogP contribution is -2.56. The number of nitrogens with two attached hydrogens (primary N) is 2. The van der Waals surface area contributed by atoms with Crippen LogP contribution in [0.4, 0.5) is 0 Å². The predicted octanol–water partition coefficient (Wildman–Crippen LogP) is 0.767. The van der Waals surface area contributed by atoms with Crippen molar-refractivity contribution in [1.82, 2.24) is 10.2 Å². The molecule has 4 atom stereocenters. The second kappa shape index (κ2) is 10.2. The Morgan fingerprint density at radius 3 is 2.70 bits per heavy atom. The van der Waals surface area contributed by atoms with Gasteiger partial charge in [0.05, 0.1) is 35.6 Å². The van der Waals surface area contributed by atoms with Crippen molar-refractivity contribution in [1.29, 1.82) is 0 Å². The van der Waals surface area contributed by atoms with Gasteiger partial charge < -0.3 is 26.8 Å². The first-order valence-electron chi connectivity index (χ1n) is 10.9. The summed E-state index contributed by atoms with van der Waals surface area (Å²) < 4.78 is 0. The number of halogens is 1. The maximum Gasteiger partial charge on any atom is 0.229 e. The largest absolute Gasteiger partial charge is 0.390 e. The summed E-state index contributed by atoms with van der Waals surface area (Å²) in [6.07, 6.45) is 9.66. The molecule has 0 radical (unpaired) electrons. The molecule has 30 heavy (non-hydrogen) atoms. The average molecular weight is 439 g/mol. The Hall–Kier alpha value is -1.48. The minimum atomic E-state index is -0.821. The third kappa shape index (κ3) is 6.03. The molecule has 4 unspecified atom stereocenters. The predicted molar refractivity (Wildman–Crippen MR) is 121 cm³/mol. The normalized spacial score (nSPS) is 31.5. The number of aliphatic imine (C=N–C) groups is 2. The summed E-state index contributed by atoms with van der Waals surface area (Å²) in [5.41, 5.74) is 12.4. The highest BCUT2D eigenvalue weighted by molar-refractivity contribution is 6.28. The number of carbonyl (C=O) groups is 1. The van der Waals surface area contributed by atoms with Gasteiger partial charge in [0, 0.05) is 31.2 Å². The Kier molecular flexibility index (Phi) is 7.90. The Bertz CT molecular complexity index is 683. The van der Waals surface area contributed by atoms with Gasteiger partial charge in [-0.15, -0.1) is 11.6 Å². The fourth-order valence-electron chi connectivity index (χ4n) is 4.37. The number of hydrogen-bond donors (Lipinski definition) is 4. The molecule has 3 aliphatic rings. The number of nitrogens with zero attached hydrogens (tertiary/aromatic N) is 3. The van der Waals surface area contributed by atoms with Crippen LogP contribution < -0.4 is 16.8 Å². The van der Waals surface area contributed by atoms with Crippen molar-refractivity contribution in [3.8, 4) is 0 Å². The number of piperidine rings is 1. The molecule has 6 N–H and O–H groups in total. The van der Waals surface area contributed by atoms with E-state index in [-0.39, 0.29) is 23.4 Å². The van der Waals surface area contributed by atoms with Crippen LogP contribution in [0.3, 0.4) is 0 Å². The SMILES string of the molecule is CC1(O)CCN(C2=CCN=CC2NC(=O)C(C(N)N)C2CCCCC(Cl)/C=N\2)CC1. The summed E-state index contributed by atoms with van der Waals surface area (Å²) >= 11 is 6.24. The lowest BCUT2D eigenvalue weighted by atomic mass is 9.90. The molecule has 0 aromatic heterocycles. The number of aliphatic hydroxyl groups is 1. The third-order valence-corrected chi connectivity index (χ3v) is 6.61. The molecule has 168 valence electrons. The van der Waals surface area contributed by atoms with Gasteiger partial charge in [-0.3, -0.25) is 14.8 Å². The molecule has 1 saturated heterocycles. The minimum Gasteiger partial charge on any atom is -0.390 e. The van der Waals surface area contributed by atoms with E-state index >= 15 is 0 Å². The molecule has 9 heteroatoms. The van der Waals surface area contributed by atoms with E-state index in [9.17, 15) is 9.90 Å². The average Bonchev–Trinajstić information content (AvgIpc) is 2.67. The van der Waals surface area contributed by atoms with Gasteiger partial charge in [0.2, 0.25) is 5.91 Å². The number of amides is 1. The van der Waals surface area contributed by atoms with Crippen molar-refractivity contribution in [2.75, 3.05) is 19.6 Å². The van der Waals surface area contributed by atoms with Gasteiger partial charge in [0.1, 0.15) is 6.04 Å². The fourth-order valence-corrected chi connectivity index (χ4v) is 4.59. The number of rotatable bonds is 5.